The maximum atomic E-state index is 5.68. The van der Waals surface area contributed by atoms with Crippen molar-refractivity contribution in [2.75, 3.05) is 19.8 Å². The summed E-state index contributed by atoms with van der Waals surface area (Å²) in [4.78, 5) is 0. The second-order valence-corrected chi connectivity index (χ2v) is 3.60. The normalized spacial score (nSPS) is 10.9. The van der Waals surface area contributed by atoms with E-state index >= 15 is 0 Å². The van der Waals surface area contributed by atoms with Crippen molar-refractivity contribution in [1.29, 1.82) is 0 Å². The summed E-state index contributed by atoms with van der Waals surface area (Å²) >= 11 is 0. The van der Waals surface area contributed by atoms with Gasteiger partial charge in [0.15, 0.2) is 11.5 Å². The first-order valence-corrected chi connectivity index (χ1v) is 5.77. The Kier molecular flexibility index (Phi) is 4.01. The van der Waals surface area contributed by atoms with Crippen LogP contribution in [0.15, 0.2) is 28.7 Å². The van der Waals surface area contributed by atoms with Gasteiger partial charge in [0.2, 0.25) is 0 Å². The first kappa shape index (κ1) is 12.0. The Morgan fingerprint density at radius 3 is 2.82 bits per heavy atom. The van der Waals surface area contributed by atoms with Gasteiger partial charge in [-0.15, -0.1) is 0 Å². The van der Waals surface area contributed by atoms with Gasteiger partial charge in [-0.1, -0.05) is 12.1 Å². The SMILES string of the molecule is CCOCCOc1c(CN)oc2ccccc12. The molecule has 1 aromatic carbocycles. The zero-order valence-corrected chi connectivity index (χ0v) is 9.94. The molecule has 92 valence electrons. The fourth-order valence-corrected chi connectivity index (χ4v) is 1.71. The topological polar surface area (TPSA) is 57.6 Å². The Morgan fingerprint density at radius 2 is 2.06 bits per heavy atom. The number of fused-ring (bicyclic) bond motifs is 1. The Bertz CT molecular complexity index is 478. The van der Waals surface area contributed by atoms with E-state index in [0.717, 1.165) is 16.7 Å². The maximum absolute atomic E-state index is 5.68. The molecule has 0 saturated heterocycles. The van der Waals surface area contributed by atoms with Crippen molar-refractivity contribution in [1.82, 2.24) is 0 Å². The molecule has 0 aliphatic rings. The predicted octanol–water partition coefficient (Wildman–Crippen LogP) is 2.31. The van der Waals surface area contributed by atoms with Gasteiger partial charge in [-0.25, -0.2) is 0 Å². The van der Waals surface area contributed by atoms with Gasteiger partial charge >= 0.3 is 0 Å². The van der Waals surface area contributed by atoms with E-state index in [-0.39, 0.29) is 0 Å². The standard InChI is InChI=1S/C13H17NO3/c1-2-15-7-8-16-13-10-5-3-4-6-11(10)17-12(13)9-14/h3-6H,2,7-9,14H2,1H3. The second-order valence-electron chi connectivity index (χ2n) is 3.60. The molecule has 2 N–H and O–H groups in total. The Balaban J connectivity index is 2.18. The van der Waals surface area contributed by atoms with Gasteiger partial charge in [-0.3, -0.25) is 0 Å². The second kappa shape index (κ2) is 5.70. The van der Waals surface area contributed by atoms with Gasteiger partial charge in [0.1, 0.15) is 12.2 Å². The summed E-state index contributed by atoms with van der Waals surface area (Å²) in [6.07, 6.45) is 0. The Labute approximate surface area is 100 Å². The molecule has 0 aliphatic carbocycles. The predicted molar refractivity (Wildman–Crippen MR) is 66.1 cm³/mol. The lowest BCUT2D eigenvalue weighted by molar-refractivity contribution is 0.110. The first-order valence-electron chi connectivity index (χ1n) is 5.77. The molecular weight excluding hydrogens is 218 g/mol. The molecule has 0 unspecified atom stereocenters. The number of rotatable bonds is 6. The van der Waals surface area contributed by atoms with Gasteiger partial charge in [-0.05, 0) is 19.1 Å². The number of furan rings is 1. The van der Waals surface area contributed by atoms with Gasteiger partial charge in [0, 0.05) is 6.61 Å². The van der Waals surface area contributed by atoms with Crippen LogP contribution in [0.4, 0.5) is 0 Å². The molecule has 1 heterocycles. The molecule has 4 nitrogen and oxygen atoms in total. The third kappa shape index (κ3) is 2.60. The van der Waals surface area contributed by atoms with E-state index in [1.807, 2.05) is 31.2 Å². The highest BCUT2D eigenvalue weighted by molar-refractivity contribution is 5.85. The van der Waals surface area contributed by atoms with Gasteiger partial charge in [0.05, 0.1) is 18.5 Å². The average Bonchev–Trinajstić information content (AvgIpc) is 2.73. The van der Waals surface area contributed by atoms with Crippen molar-refractivity contribution in [3.8, 4) is 5.75 Å². The molecule has 2 aromatic rings. The largest absolute Gasteiger partial charge is 0.487 e. The summed E-state index contributed by atoms with van der Waals surface area (Å²) in [7, 11) is 0. The first-order chi connectivity index (χ1) is 8.36. The molecule has 0 radical (unpaired) electrons. The lowest BCUT2D eigenvalue weighted by Crippen LogP contribution is -2.07. The molecule has 0 aliphatic heterocycles. The molecule has 2 rings (SSSR count). The van der Waals surface area contributed by atoms with Crippen molar-refractivity contribution in [3.05, 3.63) is 30.0 Å². The van der Waals surface area contributed by atoms with E-state index in [1.165, 1.54) is 0 Å². The molecule has 0 spiro atoms. The lowest BCUT2D eigenvalue weighted by Gasteiger charge is -2.05. The van der Waals surface area contributed by atoms with Crippen LogP contribution in [0.3, 0.4) is 0 Å². The summed E-state index contributed by atoms with van der Waals surface area (Å²) in [6, 6.07) is 7.75. The summed E-state index contributed by atoms with van der Waals surface area (Å²) in [5.74, 6) is 1.42. The van der Waals surface area contributed by atoms with Gasteiger partial charge in [-0.2, -0.15) is 0 Å². The molecular formula is C13H17NO3. The number of hydrogen-bond acceptors (Lipinski definition) is 4. The summed E-state index contributed by atoms with van der Waals surface area (Å²) in [5, 5.41) is 0.962. The fourth-order valence-electron chi connectivity index (χ4n) is 1.71. The van der Waals surface area contributed by atoms with Crippen molar-refractivity contribution in [2.45, 2.75) is 13.5 Å². The minimum atomic E-state index is 0.332. The Morgan fingerprint density at radius 1 is 1.24 bits per heavy atom. The highest BCUT2D eigenvalue weighted by Gasteiger charge is 2.13. The van der Waals surface area contributed by atoms with E-state index in [9.17, 15) is 0 Å². The summed E-state index contributed by atoms with van der Waals surface area (Å²) in [5.41, 5.74) is 6.44. The molecule has 0 saturated carbocycles. The van der Waals surface area contributed by atoms with Crippen LogP contribution in [0.1, 0.15) is 12.7 Å². The third-order valence-corrected chi connectivity index (χ3v) is 2.48. The fraction of sp³-hybridized carbons (Fsp3) is 0.385. The van der Waals surface area contributed by atoms with Crippen molar-refractivity contribution in [3.63, 3.8) is 0 Å². The van der Waals surface area contributed by atoms with E-state index < -0.39 is 0 Å². The average molecular weight is 235 g/mol. The number of ether oxygens (including phenoxy) is 2. The van der Waals surface area contributed by atoms with Crippen LogP contribution in [-0.2, 0) is 11.3 Å². The number of nitrogens with two attached hydrogens (primary N) is 1. The quantitative estimate of drug-likeness (QED) is 0.780. The molecule has 0 amide bonds. The van der Waals surface area contributed by atoms with Crippen LogP contribution < -0.4 is 10.5 Å². The lowest BCUT2D eigenvalue weighted by atomic mass is 10.2. The molecule has 0 atom stereocenters. The number of para-hydroxylation sites is 1. The van der Waals surface area contributed by atoms with Crippen LogP contribution >= 0.6 is 0 Å². The van der Waals surface area contributed by atoms with Gasteiger partial charge < -0.3 is 19.6 Å². The third-order valence-electron chi connectivity index (χ3n) is 2.48. The molecule has 0 fully saturated rings. The van der Waals surface area contributed by atoms with Crippen LogP contribution in [0.25, 0.3) is 11.0 Å². The van der Waals surface area contributed by atoms with Crippen molar-refractivity contribution < 1.29 is 13.9 Å². The Hall–Kier alpha value is -1.52. The number of benzene rings is 1. The molecule has 1 aromatic heterocycles. The van der Waals surface area contributed by atoms with Gasteiger partial charge in [0.25, 0.3) is 0 Å². The molecule has 4 heteroatoms. The van der Waals surface area contributed by atoms with Crippen LogP contribution in [0.5, 0.6) is 5.75 Å². The highest BCUT2D eigenvalue weighted by atomic mass is 16.5. The summed E-state index contributed by atoms with van der Waals surface area (Å²) < 4.78 is 16.5. The minimum absolute atomic E-state index is 0.332. The van der Waals surface area contributed by atoms with Crippen LogP contribution in [0, 0.1) is 0 Å². The molecule has 17 heavy (non-hydrogen) atoms. The number of hydrogen-bond donors (Lipinski definition) is 1. The van der Waals surface area contributed by atoms with E-state index in [4.69, 9.17) is 19.6 Å². The molecule has 0 bridgehead atoms. The maximum Gasteiger partial charge on any atom is 0.169 e. The zero-order valence-electron chi connectivity index (χ0n) is 9.94. The van der Waals surface area contributed by atoms with Crippen LogP contribution in [-0.4, -0.2) is 19.8 Å². The van der Waals surface area contributed by atoms with E-state index in [1.54, 1.807) is 0 Å². The highest BCUT2D eigenvalue weighted by Crippen LogP contribution is 2.32. The van der Waals surface area contributed by atoms with E-state index in [0.29, 0.717) is 32.1 Å². The van der Waals surface area contributed by atoms with Crippen LogP contribution in [0.2, 0.25) is 0 Å². The van der Waals surface area contributed by atoms with Crippen molar-refractivity contribution in [2.24, 2.45) is 5.73 Å². The van der Waals surface area contributed by atoms with Crippen molar-refractivity contribution >= 4 is 11.0 Å². The van der Waals surface area contributed by atoms with E-state index in [2.05, 4.69) is 0 Å². The smallest absolute Gasteiger partial charge is 0.169 e. The zero-order chi connectivity index (χ0) is 12.1. The summed E-state index contributed by atoms with van der Waals surface area (Å²) in [6.45, 7) is 4.06. The monoisotopic (exact) mass is 235 g/mol. The minimum Gasteiger partial charge on any atom is -0.487 e.